The van der Waals surface area contributed by atoms with Crippen molar-refractivity contribution in [2.75, 3.05) is 7.11 Å². The van der Waals surface area contributed by atoms with Crippen molar-refractivity contribution < 1.29 is 23.1 Å². The summed E-state index contributed by atoms with van der Waals surface area (Å²) in [7, 11) is -2.56. The van der Waals surface area contributed by atoms with E-state index in [2.05, 4.69) is 4.72 Å². The Morgan fingerprint density at radius 2 is 2.10 bits per heavy atom. The maximum Gasteiger partial charge on any atom is 0.322 e. The molecule has 8 heteroatoms. The summed E-state index contributed by atoms with van der Waals surface area (Å²) in [6.07, 6.45) is 0.531. The monoisotopic (exact) mass is 335 g/mol. The van der Waals surface area contributed by atoms with Crippen LogP contribution >= 0.6 is 11.6 Å². The van der Waals surface area contributed by atoms with Gasteiger partial charge in [0.15, 0.2) is 0 Å². The van der Waals surface area contributed by atoms with Crippen LogP contribution in [-0.4, -0.2) is 32.6 Å². The van der Waals surface area contributed by atoms with E-state index < -0.39 is 22.0 Å². The lowest BCUT2D eigenvalue weighted by atomic mass is 10.0. The van der Waals surface area contributed by atoms with Gasteiger partial charge in [-0.2, -0.15) is 4.72 Å². The fourth-order valence-corrected chi connectivity index (χ4v) is 3.34. The molecule has 0 aliphatic carbocycles. The minimum absolute atomic E-state index is 0.108. The third-order valence-electron chi connectivity index (χ3n) is 3.19. The van der Waals surface area contributed by atoms with Gasteiger partial charge in [-0.05, 0) is 24.1 Å². The van der Waals surface area contributed by atoms with Crippen molar-refractivity contribution >= 4 is 27.6 Å². The van der Waals surface area contributed by atoms with Gasteiger partial charge in [-0.3, -0.25) is 4.79 Å². The second-order valence-corrected chi connectivity index (χ2v) is 6.74. The molecule has 0 fully saturated rings. The van der Waals surface area contributed by atoms with Crippen molar-refractivity contribution in [1.29, 1.82) is 0 Å². The molecular weight excluding hydrogens is 318 g/mol. The standard InChI is InChI=1S/C13H18ClNO5S/c1-4-8(2)12(13(16)17)15-21(18,19)9-5-6-11(20-3)10(14)7-9/h5-8,12,15H,4H2,1-3H3,(H,16,17). The first-order chi connectivity index (χ1) is 9.72. The van der Waals surface area contributed by atoms with Gasteiger partial charge in [0.05, 0.1) is 17.0 Å². The van der Waals surface area contributed by atoms with Crippen LogP contribution in [0.5, 0.6) is 5.75 Å². The van der Waals surface area contributed by atoms with E-state index >= 15 is 0 Å². The van der Waals surface area contributed by atoms with Crippen LogP contribution in [-0.2, 0) is 14.8 Å². The summed E-state index contributed by atoms with van der Waals surface area (Å²) in [5.41, 5.74) is 0. The SMILES string of the molecule is CCC(C)C(NS(=O)(=O)c1ccc(OC)c(Cl)c1)C(=O)O. The molecule has 21 heavy (non-hydrogen) atoms. The number of aliphatic carboxylic acids is 1. The van der Waals surface area contributed by atoms with Crippen LogP contribution in [0.4, 0.5) is 0 Å². The predicted molar refractivity (Wildman–Crippen MR) is 79.2 cm³/mol. The van der Waals surface area contributed by atoms with E-state index in [9.17, 15) is 13.2 Å². The Kier molecular flexibility index (Phi) is 6.00. The first-order valence-electron chi connectivity index (χ1n) is 6.31. The van der Waals surface area contributed by atoms with Crippen molar-refractivity contribution in [3.8, 4) is 5.75 Å². The highest BCUT2D eigenvalue weighted by molar-refractivity contribution is 7.89. The van der Waals surface area contributed by atoms with Gasteiger partial charge in [-0.1, -0.05) is 31.9 Å². The number of hydrogen-bond donors (Lipinski definition) is 2. The van der Waals surface area contributed by atoms with Gasteiger partial charge in [0, 0.05) is 0 Å². The van der Waals surface area contributed by atoms with E-state index in [1.54, 1.807) is 13.8 Å². The molecule has 0 heterocycles. The molecule has 0 spiro atoms. The number of rotatable bonds is 7. The number of halogens is 1. The number of ether oxygens (including phenoxy) is 1. The van der Waals surface area contributed by atoms with Crippen LogP contribution in [0.1, 0.15) is 20.3 Å². The molecule has 6 nitrogen and oxygen atoms in total. The number of hydrogen-bond acceptors (Lipinski definition) is 4. The number of benzene rings is 1. The molecule has 0 aromatic heterocycles. The number of carboxylic acids is 1. The molecule has 2 unspecified atom stereocenters. The molecule has 0 amide bonds. The van der Waals surface area contributed by atoms with Crippen molar-refractivity contribution in [3.63, 3.8) is 0 Å². The number of carboxylic acid groups (broad SMARTS) is 1. The molecule has 1 rings (SSSR count). The van der Waals surface area contributed by atoms with Gasteiger partial charge in [-0.25, -0.2) is 8.42 Å². The second kappa shape index (κ2) is 7.11. The van der Waals surface area contributed by atoms with Crippen molar-refractivity contribution in [1.82, 2.24) is 4.72 Å². The molecule has 0 saturated heterocycles. The molecular formula is C13H18ClNO5S. The summed E-state index contributed by atoms with van der Waals surface area (Å²) in [4.78, 5) is 11.1. The second-order valence-electron chi connectivity index (χ2n) is 4.62. The van der Waals surface area contributed by atoms with E-state index in [0.717, 1.165) is 0 Å². The average molecular weight is 336 g/mol. The molecule has 118 valence electrons. The third-order valence-corrected chi connectivity index (χ3v) is 4.93. The Morgan fingerprint density at radius 1 is 1.48 bits per heavy atom. The van der Waals surface area contributed by atoms with Gasteiger partial charge < -0.3 is 9.84 Å². The number of nitrogens with one attached hydrogen (secondary N) is 1. The highest BCUT2D eigenvalue weighted by Crippen LogP contribution is 2.27. The molecule has 0 saturated carbocycles. The molecule has 1 aromatic carbocycles. The summed E-state index contributed by atoms with van der Waals surface area (Å²) in [5.74, 6) is -1.22. The van der Waals surface area contributed by atoms with Crippen LogP contribution in [0.2, 0.25) is 5.02 Å². The Morgan fingerprint density at radius 3 is 2.52 bits per heavy atom. The maximum atomic E-state index is 12.2. The van der Waals surface area contributed by atoms with Crippen molar-refractivity contribution in [2.45, 2.75) is 31.2 Å². The average Bonchev–Trinajstić information content (AvgIpc) is 2.43. The highest BCUT2D eigenvalue weighted by atomic mass is 35.5. The molecule has 0 bridgehead atoms. The summed E-state index contributed by atoms with van der Waals surface area (Å²) in [6.45, 7) is 3.46. The number of methoxy groups -OCH3 is 1. The Labute approximate surface area is 129 Å². The topological polar surface area (TPSA) is 92.7 Å². The van der Waals surface area contributed by atoms with Gasteiger partial charge in [0.1, 0.15) is 11.8 Å². The molecule has 0 aliphatic rings. The number of sulfonamides is 1. The zero-order valence-electron chi connectivity index (χ0n) is 12.0. The van der Waals surface area contributed by atoms with Gasteiger partial charge in [0.25, 0.3) is 0 Å². The summed E-state index contributed by atoms with van der Waals surface area (Å²) >= 11 is 5.89. The quantitative estimate of drug-likeness (QED) is 0.796. The predicted octanol–water partition coefficient (Wildman–Crippen LogP) is 2.13. The molecule has 0 radical (unpaired) electrons. The lowest BCUT2D eigenvalue weighted by Gasteiger charge is -2.20. The fourth-order valence-electron chi connectivity index (χ4n) is 1.70. The largest absolute Gasteiger partial charge is 0.495 e. The van der Waals surface area contributed by atoms with Crippen LogP contribution in [0.3, 0.4) is 0 Å². The number of carbonyl (C=O) groups is 1. The van der Waals surface area contributed by atoms with Crippen molar-refractivity contribution in [2.24, 2.45) is 5.92 Å². The van der Waals surface area contributed by atoms with Gasteiger partial charge in [-0.15, -0.1) is 0 Å². The van der Waals surface area contributed by atoms with Crippen molar-refractivity contribution in [3.05, 3.63) is 23.2 Å². The summed E-state index contributed by atoms with van der Waals surface area (Å²) < 4.78 is 31.6. The minimum Gasteiger partial charge on any atom is -0.495 e. The third kappa shape index (κ3) is 4.33. The van der Waals surface area contributed by atoms with Crippen LogP contribution in [0, 0.1) is 5.92 Å². The van der Waals surface area contributed by atoms with E-state index in [0.29, 0.717) is 12.2 Å². The minimum atomic E-state index is -3.98. The van der Waals surface area contributed by atoms with E-state index in [-0.39, 0.29) is 15.8 Å². The highest BCUT2D eigenvalue weighted by Gasteiger charge is 2.29. The summed E-state index contributed by atoms with van der Waals surface area (Å²) in [5, 5.41) is 9.28. The Bertz CT molecular complexity index is 617. The maximum absolute atomic E-state index is 12.2. The van der Waals surface area contributed by atoms with Crippen LogP contribution < -0.4 is 9.46 Å². The Balaban J connectivity index is 3.10. The van der Waals surface area contributed by atoms with Gasteiger partial charge >= 0.3 is 5.97 Å². The fraction of sp³-hybridized carbons (Fsp3) is 0.462. The van der Waals surface area contributed by atoms with E-state index in [1.165, 1.54) is 25.3 Å². The molecule has 2 N–H and O–H groups in total. The zero-order chi connectivity index (χ0) is 16.2. The van der Waals surface area contributed by atoms with Gasteiger partial charge in [0.2, 0.25) is 10.0 Å². The smallest absolute Gasteiger partial charge is 0.322 e. The van der Waals surface area contributed by atoms with E-state index in [4.69, 9.17) is 21.4 Å². The summed E-state index contributed by atoms with van der Waals surface area (Å²) in [6, 6.07) is 2.75. The van der Waals surface area contributed by atoms with Crippen LogP contribution in [0.25, 0.3) is 0 Å². The van der Waals surface area contributed by atoms with E-state index in [1.807, 2.05) is 0 Å². The Hall–Kier alpha value is -1.31. The first-order valence-corrected chi connectivity index (χ1v) is 8.17. The van der Waals surface area contributed by atoms with Crippen LogP contribution in [0.15, 0.2) is 23.1 Å². The lowest BCUT2D eigenvalue weighted by Crippen LogP contribution is -2.44. The normalized spacial score (nSPS) is 14.5. The zero-order valence-corrected chi connectivity index (χ0v) is 13.5. The molecule has 0 aliphatic heterocycles. The molecule has 1 aromatic rings. The first kappa shape index (κ1) is 17.7. The lowest BCUT2D eigenvalue weighted by molar-refractivity contribution is -0.140. The molecule has 2 atom stereocenters.